The first-order chi connectivity index (χ1) is 15.7. The molecule has 0 unspecified atom stereocenters. The number of hydrogen-bond acceptors (Lipinski definition) is 4. The minimum Gasteiger partial charge on any atom is -0.352 e. The summed E-state index contributed by atoms with van der Waals surface area (Å²) in [6, 6.07) is 14.1. The number of aryl methyl sites for hydroxylation is 1. The predicted molar refractivity (Wildman–Crippen MR) is 135 cm³/mol. The average molecular weight is 472 g/mol. The molecule has 2 aromatic rings. The van der Waals surface area contributed by atoms with Crippen molar-refractivity contribution in [2.24, 2.45) is 0 Å². The van der Waals surface area contributed by atoms with Gasteiger partial charge in [-0.3, -0.25) is 14.0 Å². The highest BCUT2D eigenvalue weighted by molar-refractivity contribution is 7.92. The summed E-state index contributed by atoms with van der Waals surface area (Å²) in [4.78, 5) is 14.8. The molecule has 1 heterocycles. The minimum absolute atomic E-state index is 0.0678. The summed E-state index contributed by atoms with van der Waals surface area (Å²) in [6.07, 6.45) is 5.87. The summed E-state index contributed by atoms with van der Waals surface area (Å²) in [6.45, 7) is 8.00. The standard InChI is InChI=1S/C26H37N3O3S/c1-21-9-7-10-25(22(21)2)29(33(3,31)32)18-8-11-26(30)27-19-23-12-14-24(15-13-23)20-28-16-5-4-6-17-28/h7,9-10,12-15H,4-6,8,11,16-20H2,1-3H3,(H,27,30). The first-order valence-electron chi connectivity index (χ1n) is 11.8. The molecular weight excluding hydrogens is 434 g/mol. The third-order valence-electron chi connectivity index (χ3n) is 6.38. The van der Waals surface area contributed by atoms with Crippen LogP contribution in [0.5, 0.6) is 0 Å². The second-order valence-electron chi connectivity index (χ2n) is 9.09. The molecule has 1 amide bonds. The number of piperidine rings is 1. The zero-order valence-corrected chi connectivity index (χ0v) is 21.0. The molecule has 2 aromatic carbocycles. The molecule has 0 radical (unpaired) electrons. The molecule has 7 heteroatoms. The Morgan fingerprint density at radius 3 is 2.33 bits per heavy atom. The van der Waals surface area contributed by atoms with E-state index in [9.17, 15) is 13.2 Å². The number of anilines is 1. The highest BCUT2D eigenvalue weighted by Crippen LogP contribution is 2.25. The third-order valence-corrected chi connectivity index (χ3v) is 7.56. The minimum atomic E-state index is -3.43. The molecule has 1 saturated heterocycles. The Morgan fingerprint density at radius 2 is 1.67 bits per heavy atom. The van der Waals surface area contributed by atoms with E-state index >= 15 is 0 Å². The fourth-order valence-electron chi connectivity index (χ4n) is 4.28. The number of likely N-dealkylation sites (tertiary alicyclic amines) is 1. The Kier molecular flexibility index (Phi) is 8.92. The topological polar surface area (TPSA) is 69.7 Å². The zero-order chi connectivity index (χ0) is 23.8. The van der Waals surface area contributed by atoms with Gasteiger partial charge in [-0.1, -0.05) is 42.8 Å². The van der Waals surface area contributed by atoms with Crippen LogP contribution in [0.25, 0.3) is 0 Å². The van der Waals surface area contributed by atoms with Gasteiger partial charge in [0, 0.05) is 26.1 Å². The Bertz CT molecular complexity index is 1030. The lowest BCUT2D eigenvalue weighted by molar-refractivity contribution is -0.121. The zero-order valence-electron chi connectivity index (χ0n) is 20.1. The van der Waals surface area contributed by atoms with Crippen LogP contribution in [0, 0.1) is 13.8 Å². The quantitative estimate of drug-likeness (QED) is 0.565. The van der Waals surface area contributed by atoms with Crippen LogP contribution in [-0.2, 0) is 27.9 Å². The van der Waals surface area contributed by atoms with Crippen molar-refractivity contribution < 1.29 is 13.2 Å². The van der Waals surface area contributed by atoms with E-state index in [1.807, 2.05) is 32.0 Å². The smallest absolute Gasteiger partial charge is 0.232 e. The first kappa shape index (κ1) is 25.2. The average Bonchev–Trinajstić information content (AvgIpc) is 2.78. The van der Waals surface area contributed by atoms with Crippen LogP contribution in [0.15, 0.2) is 42.5 Å². The second kappa shape index (κ2) is 11.7. The molecule has 0 atom stereocenters. The van der Waals surface area contributed by atoms with Crippen molar-refractivity contribution in [3.05, 3.63) is 64.7 Å². The summed E-state index contributed by atoms with van der Waals surface area (Å²) < 4.78 is 26.1. The van der Waals surface area contributed by atoms with Crippen LogP contribution in [0.2, 0.25) is 0 Å². The molecule has 1 aliphatic rings. The molecule has 6 nitrogen and oxygen atoms in total. The van der Waals surface area contributed by atoms with Gasteiger partial charge in [-0.25, -0.2) is 8.42 Å². The van der Waals surface area contributed by atoms with E-state index in [4.69, 9.17) is 0 Å². The van der Waals surface area contributed by atoms with E-state index in [1.165, 1.54) is 48.5 Å². The highest BCUT2D eigenvalue weighted by Gasteiger charge is 2.20. The molecule has 180 valence electrons. The fraction of sp³-hybridized carbons (Fsp3) is 0.500. The highest BCUT2D eigenvalue weighted by atomic mass is 32.2. The maximum absolute atomic E-state index is 12.4. The number of rotatable bonds is 10. The van der Waals surface area contributed by atoms with Crippen molar-refractivity contribution >= 4 is 21.6 Å². The number of benzene rings is 2. The molecule has 0 aliphatic carbocycles. The van der Waals surface area contributed by atoms with Crippen molar-refractivity contribution in [1.82, 2.24) is 10.2 Å². The number of carbonyl (C=O) groups is 1. The molecular formula is C26H37N3O3S. The van der Waals surface area contributed by atoms with Gasteiger partial charge in [0.05, 0.1) is 11.9 Å². The van der Waals surface area contributed by atoms with Gasteiger partial charge in [0.1, 0.15) is 0 Å². The van der Waals surface area contributed by atoms with Gasteiger partial charge in [0.15, 0.2) is 0 Å². The predicted octanol–water partition coefficient (Wildman–Crippen LogP) is 4.15. The Labute approximate surface area is 199 Å². The van der Waals surface area contributed by atoms with Gasteiger partial charge in [-0.2, -0.15) is 0 Å². The Hall–Kier alpha value is -2.38. The number of sulfonamides is 1. The van der Waals surface area contributed by atoms with Crippen molar-refractivity contribution in [2.45, 2.75) is 59.0 Å². The van der Waals surface area contributed by atoms with E-state index in [2.05, 4.69) is 34.5 Å². The monoisotopic (exact) mass is 471 g/mol. The SMILES string of the molecule is Cc1cccc(N(CCCC(=O)NCc2ccc(CN3CCCCC3)cc2)S(C)(=O)=O)c1C. The molecule has 33 heavy (non-hydrogen) atoms. The molecule has 3 rings (SSSR count). The van der Waals surface area contributed by atoms with Gasteiger partial charge < -0.3 is 5.32 Å². The van der Waals surface area contributed by atoms with Crippen molar-refractivity contribution in [1.29, 1.82) is 0 Å². The Balaban J connectivity index is 1.46. The molecule has 0 bridgehead atoms. The molecule has 1 N–H and O–H groups in total. The molecule has 1 aliphatic heterocycles. The number of amides is 1. The molecule has 0 saturated carbocycles. The van der Waals surface area contributed by atoms with E-state index in [-0.39, 0.29) is 18.9 Å². The van der Waals surface area contributed by atoms with Crippen molar-refractivity contribution in [3.63, 3.8) is 0 Å². The Morgan fingerprint density at radius 1 is 1.00 bits per heavy atom. The van der Waals surface area contributed by atoms with Crippen LogP contribution in [0.1, 0.15) is 54.4 Å². The van der Waals surface area contributed by atoms with Gasteiger partial charge in [-0.15, -0.1) is 0 Å². The number of nitrogens with one attached hydrogen (secondary N) is 1. The van der Waals surface area contributed by atoms with E-state index < -0.39 is 10.0 Å². The number of hydrogen-bond donors (Lipinski definition) is 1. The molecule has 0 aromatic heterocycles. The van der Waals surface area contributed by atoms with Crippen molar-refractivity contribution in [2.75, 3.05) is 30.2 Å². The normalized spacial score (nSPS) is 14.8. The summed E-state index contributed by atoms with van der Waals surface area (Å²) in [5.74, 6) is -0.0678. The fourth-order valence-corrected chi connectivity index (χ4v) is 5.30. The van der Waals surface area contributed by atoms with Crippen LogP contribution >= 0.6 is 0 Å². The van der Waals surface area contributed by atoms with E-state index in [1.54, 1.807) is 0 Å². The maximum atomic E-state index is 12.4. The van der Waals surface area contributed by atoms with Gasteiger partial charge >= 0.3 is 0 Å². The largest absolute Gasteiger partial charge is 0.352 e. The summed E-state index contributed by atoms with van der Waals surface area (Å²) in [7, 11) is -3.43. The lowest BCUT2D eigenvalue weighted by atomic mass is 10.1. The first-order valence-corrected chi connectivity index (χ1v) is 13.7. The molecule has 0 spiro atoms. The van der Waals surface area contributed by atoms with Crippen molar-refractivity contribution in [3.8, 4) is 0 Å². The van der Waals surface area contributed by atoms with Crippen LogP contribution in [-0.4, -0.2) is 45.1 Å². The third kappa shape index (κ3) is 7.57. The summed E-state index contributed by atoms with van der Waals surface area (Å²) in [5.41, 5.74) is 5.04. The van der Waals surface area contributed by atoms with Crippen LogP contribution in [0.3, 0.4) is 0 Å². The lowest BCUT2D eigenvalue weighted by Gasteiger charge is -2.26. The van der Waals surface area contributed by atoms with Crippen LogP contribution < -0.4 is 9.62 Å². The lowest BCUT2D eigenvalue weighted by Crippen LogP contribution is -2.32. The maximum Gasteiger partial charge on any atom is 0.232 e. The molecule has 1 fully saturated rings. The summed E-state index contributed by atoms with van der Waals surface area (Å²) >= 11 is 0. The number of carbonyl (C=O) groups excluding carboxylic acids is 1. The van der Waals surface area contributed by atoms with E-state index in [0.717, 1.165) is 23.2 Å². The van der Waals surface area contributed by atoms with E-state index in [0.29, 0.717) is 18.7 Å². The van der Waals surface area contributed by atoms with Gasteiger partial charge in [-0.05, 0) is 74.5 Å². The second-order valence-corrected chi connectivity index (χ2v) is 11.0. The van der Waals surface area contributed by atoms with Gasteiger partial charge in [0.2, 0.25) is 15.9 Å². The number of nitrogens with zero attached hydrogens (tertiary/aromatic N) is 2. The van der Waals surface area contributed by atoms with Gasteiger partial charge in [0.25, 0.3) is 0 Å². The summed E-state index contributed by atoms with van der Waals surface area (Å²) in [5, 5.41) is 2.96. The van der Waals surface area contributed by atoms with Crippen LogP contribution in [0.4, 0.5) is 5.69 Å².